The van der Waals surface area contributed by atoms with E-state index in [-0.39, 0.29) is 41.5 Å². The number of phenols is 1. The molecule has 3 nitrogen and oxygen atoms in total. The normalized spacial score (nSPS) is 8.31. The third kappa shape index (κ3) is 3.47. The first-order valence-corrected chi connectivity index (χ1v) is 4.29. The second-order valence-electron chi connectivity index (χ2n) is 2.95. The SMILES string of the molecule is Cc1c[c-]c(O)c2ccccc12.O=C=O.[Na+]. The Bertz CT molecular complexity index is 462. The van der Waals surface area contributed by atoms with Gasteiger partial charge < -0.3 is 5.11 Å². The Balaban J connectivity index is 0.000000511. The van der Waals surface area contributed by atoms with Crippen molar-refractivity contribution in [3.05, 3.63) is 42.0 Å². The molecule has 0 heterocycles. The summed E-state index contributed by atoms with van der Waals surface area (Å²) < 4.78 is 0. The molecule has 0 bridgehead atoms. The van der Waals surface area contributed by atoms with Crippen molar-refractivity contribution in [1.82, 2.24) is 0 Å². The van der Waals surface area contributed by atoms with E-state index < -0.39 is 0 Å². The molecule has 1 N–H and O–H groups in total. The molecule has 0 atom stereocenters. The van der Waals surface area contributed by atoms with E-state index in [0.29, 0.717) is 0 Å². The monoisotopic (exact) mass is 224 g/mol. The zero-order chi connectivity index (χ0) is 11.3. The maximum atomic E-state index is 9.44. The molecule has 2 aromatic rings. The molecule has 0 saturated carbocycles. The number of hydrogen-bond acceptors (Lipinski definition) is 3. The summed E-state index contributed by atoms with van der Waals surface area (Å²) in [7, 11) is 0. The van der Waals surface area contributed by atoms with Gasteiger partial charge >= 0.3 is 35.7 Å². The van der Waals surface area contributed by atoms with Crippen LogP contribution >= 0.6 is 0 Å². The molecule has 0 saturated heterocycles. The summed E-state index contributed by atoms with van der Waals surface area (Å²) in [5.41, 5.74) is 1.14. The van der Waals surface area contributed by atoms with Gasteiger partial charge in [0.05, 0.1) is 0 Å². The van der Waals surface area contributed by atoms with Gasteiger partial charge in [0.25, 0.3) is 0 Å². The summed E-state index contributed by atoms with van der Waals surface area (Å²) in [6.07, 6.45) is 0.250. The van der Waals surface area contributed by atoms with Gasteiger partial charge in [0.2, 0.25) is 0 Å². The van der Waals surface area contributed by atoms with Gasteiger partial charge in [-0.3, -0.25) is 0 Å². The van der Waals surface area contributed by atoms with Crippen LogP contribution in [0.2, 0.25) is 0 Å². The predicted octanol–water partition coefficient (Wildman–Crippen LogP) is -0.925. The molecule has 2 aromatic carbocycles. The average Bonchev–Trinajstić information content (AvgIpc) is 2.25. The van der Waals surface area contributed by atoms with Crippen molar-refractivity contribution in [3.63, 3.8) is 0 Å². The number of hydrogen-bond donors (Lipinski definition) is 1. The van der Waals surface area contributed by atoms with Gasteiger partial charge in [0.15, 0.2) is 0 Å². The predicted molar refractivity (Wildman–Crippen MR) is 54.2 cm³/mol. The summed E-state index contributed by atoms with van der Waals surface area (Å²) in [4.78, 5) is 16.2. The molecule has 0 amide bonds. The van der Waals surface area contributed by atoms with Crippen molar-refractivity contribution in [3.8, 4) is 5.75 Å². The fourth-order valence-corrected chi connectivity index (χ4v) is 1.37. The third-order valence-electron chi connectivity index (χ3n) is 2.03. The van der Waals surface area contributed by atoms with E-state index in [1.807, 2.05) is 31.2 Å². The number of rotatable bonds is 0. The molecule has 0 spiro atoms. The van der Waals surface area contributed by atoms with Crippen LogP contribution < -0.4 is 29.6 Å². The molecule has 0 aliphatic rings. The number of aromatic hydroxyl groups is 1. The maximum absolute atomic E-state index is 9.44. The van der Waals surface area contributed by atoms with E-state index in [2.05, 4.69) is 6.07 Å². The Labute approximate surface area is 115 Å². The average molecular weight is 224 g/mol. The molecule has 0 radical (unpaired) electrons. The summed E-state index contributed by atoms with van der Waals surface area (Å²) >= 11 is 0. The topological polar surface area (TPSA) is 54.4 Å². The molecular weight excluding hydrogens is 215 g/mol. The Morgan fingerprint density at radius 3 is 2.19 bits per heavy atom. The van der Waals surface area contributed by atoms with Crippen LogP contribution in [-0.4, -0.2) is 11.3 Å². The number of fused-ring (bicyclic) bond motifs is 1. The summed E-state index contributed by atoms with van der Waals surface area (Å²) in [5.74, 6) is 0.233. The van der Waals surface area contributed by atoms with Crippen LogP contribution in [0.25, 0.3) is 10.8 Å². The van der Waals surface area contributed by atoms with Gasteiger partial charge in [-0.2, -0.15) is 21.2 Å². The summed E-state index contributed by atoms with van der Waals surface area (Å²) in [6, 6.07) is 12.4. The van der Waals surface area contributed by atoms with Crippen LogP contribution in [-0.2, 0) is 9.59 Å². The fourth-order valence-electron chi connectivity index (χ4n) is 1.37. The van der Waals surface area contributed by atoms with E-state index in [1.54, 1.807) is 6.07 Å². The quantitative estimate of drug-likeness (QED) is 0.465. The summed E-state index contributed by atoms with van der Waals surface area (Å²) in [5, 5.41) is 11.4. The van der Waals surface area contributed by atoms with Crippen molar-refractivity contribution in [2.24, 2.45) is 0 Å². The molecule has 4 heteroatoms. The Kier molecular flexibility index (Phi) is 6.70. The Morgan fingerprint density at radius 2 is 1.69 bits per heavy atom. The second-order valence-corrected chi connectivity index (χ2v) is 2.95. The van der Waals surface area contributed by atoms with Gasteiger partial charge in [-0.25, -0.2) is 0 Å². The smallest absolute Gasteiger partial charge is 0.533 e. The van der Waals surface area contributed by atoms with Crippen LogP contribution in [0.5, 0.6) is 5.75 Å². The molecule has 76 valence electrons. The number of benzene rings is 2. The number of phenolic OH excluding ortho intramolecular Hbond substituents is 1. The Hall–Kier alpha value is -1.12. The Morgan fingerprint density at radius 1 is 1.19 bits per heavy atom. The molecule has 0 aliphatic carbocycles. The van der Waals surface area contributed by atoms with Crippen LogP contribution in [0.15, 0.2) is 30.3 Å². The third-order valence-corrected chi connectivity index (χ3v) is 2.03. The minimum Gasteiger partial charge on any atom is -0.533 e. The van der Waals surface area contributed by atoms with Crippen molar-refractivity contribution in [1.29, 1.82) is 0 Å². The zero-order valence-electron chi connectivity index (χ0n) is 9.15. The van der Waals surface area contributed by atoms with Gasteiger partial charge in [-0.1, -0.05) is 30.5 Å². The molecule has 0 aromatic heterocycles. The zero-order valence-corrected chi connectivity index (χ0v) is 11.2. The van der Waals surface area contributed by atoms with Crippen LogP contribution in [0.1, 0.15) is 5.56 Å². The van der Waals surface area contributed by atoms with Crippen molar-refractivity contribution in [2.75, 3.05) is 0 Å². The first-order chi connectivity index (χ1) is 7.20. The standard InChI is InChI=1S/C11H9O.CO2.Na/c1-8-6-7-11(12)10-5-3-2-4-9(8)10;2-1-3;/h2-6,12H,1H3;;/q-1;;+1. The van der Waals surface area contributed by atoms with E-state index in [1.165, 1.54) is 0 Å². The molecule has 0 aliphatic heterocycles. The number of aryl methyl sites for hydroxylation is 1. The molecular formula is C12H9NaO3. The second kappa shape index (κ2) is 7.20. The van der Waals surface area contributed by atoms with Crippen molar-refractivity contribution in [2.45, 2.75) is 6.92 Å². The maximum Gasteiger partial charge on any atom is 1.00 e. The van der Waals surface area contributed by atoms with Crippen LogP contribution in [0, 0.1) is 13.0 Å². The largest absolute Gasteiger partial charge is 1.00 e. The number of carbonyl (C=O) groups excluding carboxylic acids is 2. The van der Waals surface area contributed by atoms with Crippen molar-refractivity contribution < 1.29 is 44.3 Å². The van der Waals surface area contributed by atoms with Crippen molar-refractivity contribution >= 4 is 16.9 Å². The van der Waals surface area contributed by atoms with E-state index in [0.717, 1.165) is 16.3 Å². The van der Waals surface area contributed by atoms with Gasteiger partial charge in [-0.15, -0.1) is 17.5 Å². The minimum absolute atomic E-state index is 0. The summed E-state index contributed by atoms with van der Waals surface area (Å²) in [6.45, 7) is 2.01. The fraction of sp³-hybridized carbons (Fsp3) is 0.0833. The van der Waals surface area contributed by atoms with Crippen LogP contribution in [0.4, 0.5) is 0 Å². The molecule has 2 rings (SSSR count). The molecule has 16 heavy (non-hydrogen) atoms. The van der Waals surface area contributed by atoms with Crippen LogP contribution in [0.3, 0.4) is 0 Å². The van der Waals surface area contributed by atoms with E-state index >= 15 is 0 Å². The van der Waals surface area contributed by atoms with Gasteiger partial charge in [0, 0.05) is 5.75 Å². The molecule has 0 unspecified atom stereocenters. The van der Waals surface area contributed by atoms with Gasteiger partial charge in [0.1, 0.15) is 0 Å². The minimum atomic E-state index is 0. The van der Waals surface area contributed by atoms with Gasteiger partial charge in [-0.05, 0) is 0 Å². The van der Waals surface area contributed by atoms with E-state index in [4.69, 9.17) is 9.59 Å². The first-order valence-electron chi connectivity index (χ1n) is 4.29. The first kappa shape index (κ1) is 14.9. The van der Waals surface area contributed by atoms with E-state index in [9.17, 15) is 5.11 Å². The molecule has 0 fully saturated rings.